The first kappa shape index (κ1) is 30.2. The van der Waals surface area contributed by atoms with E-state index in [2.05, 4.69) is 15.6 Å². The Morgan fingerprint density at radius 3 is 2.37 bits per heavy atom. The molecule has 0 aliphatic carbocycles. The highest BCUT2D eigenvalue weighted by Gasteiger charge is 2.71. The standard InChI is InChI=1S/C29H39BN4O7/c1-17(2)15-24(30-34(6,19(4)29(39)41-30)18(3)16-25(36)40-30)32-28(38)26(20(5)35)33-27(37)23-14-10-13-22(31-23)21-11-8-7-9-12-21/h7-14,17-20,24,26,35H,15-16H2,1-6H3,(H,32,38)(H,33,37)/t18-,19+,20+,24-,26-,30?,34?/m0/s1. The van der Waals surface area contributed by atoms with E-state index in [-0.39, 0.29) is 28.5 Å². The van der Waals surface area contributed by atoms with Gasteiger partial charge in [0.1, 0.15) is 17.8 Å². The third-order valence-electron chi connectivity index (χ3n) is 8.61. The molecule has 2 saturated heterocycles. The molecule has 0 spiro atoms. The number of likely N-dealkylation sites (N-methyl/N-ethyl adjacent to an activating group) is 1. The summed E-state index contributed by atoms with van der Waals surface area (Å²) in [5, 5.41) is 16.0. The molecule has 2 aliphatic rings. The van der Waals surface area contributed by atoms with Crippen molar-refractivity contribution < 1.29 is 38.0 Å². The van der Waals surface area contributed by atoms with Crippen LogP contribution in [0.4, 0.5) is 0 Å². The lowest BCUT2D eigenvalue weighted by Crippen LogP contribution is -2.81. The zero-order valence-electron chi connectivity index (χ0n) is 24.4. The number of aliphatic hydroxyl groups is 1. The Bertz CT molecular complexity index is 1320. The second-order valence-electron chi connectivity index (χ2n) is 11.8. The number of fused-ring (bicyclic) bond motifs is 1. The molecule has 2 aromatic rings. The van der Waals surface area contributed by atoms with Crippen LogP contribution in [0.25, 0.3) is 11.3 Å². The van der Waals surface area contributed by atoms with Crippen LogP contribution in [0.5, 0.6) is 0 Å². The van der Waals surface area contributed by atoms with Crippen LogP contribution in [0.3, 0.4) is 0 Å². The molecule has 41 heavy (non-hydrogen) atoms. The van der Waals surface area contributed by atoms with Crippen molar-refractivity contribution in [2.45, 2.75) is 77.6 Å². The Labute approximate surface area is 240 Å². The molecule has 0 radical (unpaired) electrons. The van der Waals surface area contributed by atoms with Crippen LogP contribution < -0.4 is 10.6 Å². The van der Waals surface area contributed by atoms with Gasteiger partial charge in [-0.25, -0.2) is 9.78 Å². The van der Waals surface area contributed by atoms with E-state index in [0.29, 0.717) is 12.1 Å². The molecule has 12 heteroatoms. The molecule has 3 heterocycles. The van der Waals surface area contributed by atoms with E-state index in [4.69, 9.17) is 9.31 Å². The zero-order valence-corrected chi connectivity index (χ0v) is 24.4. The number of amides is 2. The first-order chi connectivity index (χ1) is 19.3. The first-order valence-corrected chi connectivity index (χ1v) is 14.1. The van der Waals surface area contributed by atoms with Gasteiger partial charge in [0.15, 0.2) is 0 Å². The van der Waals surface area contributed by atoms with Gasteiger partial charge in [-0.15, -0.1) is 0 Å². The number of pyridine rings is 1. The summed E-state index contributed by atoms with van der Waals surface area (Å²) < 4.78 is 11.8. The molecule has 11 nitrogen and oxygen atoms in total. The summed E-state index contributed by atoms with van der Waals surface area (Å²) in [6, 6.07) is 12.0. The van der Waals surface area contributed by atoms with E-state index < -0.39 is 54.6 Å². The quantitative estimate of drug-likeness (QED) is 0.391. The van der Waals surface area contributed by atoms with Gasteiger partial charge in [0.05, 0.1) is 30.2 Å². The Balaban J connectivity index is 1.62. The number of carbonyl (C=O) groups is 4. The van der Waals surface area contributed by atoms with Crippen molar-refractivity contribution >= 4 is 30.4 Å². The summed E-state index contributed by atoms with van der Waals surface area (Å²) in [6.45, 7) is 6.14. The number of hydrogen-bond acceptors (Lipinski definition) is 8. The average molecular weight is 566 g/mol. The van der Waals surface area contributed by atoms with E-state index in [1.807, 2.05) is 58.2 Å². The van der Waals surface area contributed by atoms with E-state index in [1.54, 1.807) is 19.1 Å². The molecule has 2 aliphatic heterocycles. The molecule has 2 amide bonds. The van der Waals surface area contributed by atoms with Crippen molar-refractivity contribution in [1.82, 2.24) is 15.6 Å². The molecule has 1 aromatic carbocycles. The van der Waals surface area contributed by atoms with Gasteiger partial charge in [-0.1, -0.05) is 50.2 Å². The molecule has 2 unspecified atom stereocenters. The van der Waals surface area contributed by atoms with Gasteiger partial charge in [-0.05, 0) is 45.2 Å². The lowest BCUT2D eigenvalue weighted by Gasteiger charge is -2.59. The number of quaternary nitrogens is 1. The largest absolute Gasteiger partial charge is 0.605 e. The maximum absolute atomic E-state index is 13.7. The minimum absolute atomic E-state index is 0.00411. The summed E-state index contributed by atoms with van der Waals surface area (Å²) in [5.41, 5.74) is 1.48. The zero-order chi connectivity index (χ0) is 30.1. The molecule has 0 saturated carbocycles. The number of rotatable bonds is 9. The topological polar surface area (TPSA) is 144 Å². The predicted molar refractivity (Wildman–Crippen MR) is 152 cm³/mol. The molecule has 2 fully saturated rings. The Kier molecular flexibility index (Phi) is 8.56. The molecule has 0 bridgehead atoms. The Morgan fingerprint density at radius 2 is 1.73 bits per heavy atom. The van der Waals surface area contributed by atoms with Gasteiger partial charge in [-0.3, -0.25) is 14.4 Å². The number of aromatic nitrogens is 1. The smallest absolute Gasteiger partial charge is 0.603 e. The van der Waals surface area contributed by atoms with Gasteiger partial charge < -0.3 is 29.4 Å². The molecule has 7 atom stereocenters. The number of hydrogen-bond donors (Lipinski definition) is 3. The van der Waals surface area contributed by atoms with Gasteiger partial charge in [0.25, 0.3) is 11.9 Å². The van der Waals surface area contributed by atoms with Crippen molar-refractivity contribution in [3.05, 3.63) is 54.2 Å². The first-order valence-electron chi connectivity index (χ1n) is 14.1. The molecular weight excluding hydrogens is 527 g/mol. The van der Waals surface area contributed by atoms with E-state index in [0.717, 1.165) is 5.56 Å². The van der Waals surface area contributed by atoms with Crippen LogP contribution in [0.2, 0.25) is 0 Å². The van der Waals surface area contributed by atoms with Crippen molar-refractivity contribution in [3.63, 3.8) is 0 Å². The van der Waals surface area contributed by atoms with Crippen LogP contribution in [0, 0.1) is 5.92 Å². The van der Waals surface area contributed by atoms with Crippen LogP contribution in [0.15, 0.2) is 48.5 Å². The summed E-state index contributed by atoms with van der Waals surface area (Å²) in [6.07, 6.45) is -0.856. The minimum Gasteiger partial charge on any atom is -0.603 e. The monoisotopic (exact) mass is 566 g/mol. The van der Waals surface area contributed by atoms with E-state index >= 15 is 0 Å². The fourth-order valence-corrected chi connectivity index (χ4v) is 6.09. The maximum atomic E-state index is 13.7. The third kappa shape index (κ3) is 5.58. The summed E-state index contributed by atoms with van der Waals surface area (Å²) in [5.74, 6) is -3.26. The molecule has 4 rings (SSSR count). The van der Waals surface area contributed by atoms with Gasteiger partial charge in [0, 0.05) is 12.6 Å². The average Bonchev–Trinajstić information content (AvgIpc) is 3.13. The lowest BCUT2D eigenvalue weighted by molar-refractivity contribution is -0.861. The maximum Gasteiger partial charge on any atom is 0.605 e. The van der Waals surface area contributed by atoms with Crippen LogP contribution >= 0.6 is 0 Å². The third-order valence-corrected chi connectivity index (χ3v) is 8.61. The normalized spacial score (nSPS) is 27.7. The van der Waals surface area contributed by atoms with Gasteiger partial charge >= 0.3 is 12.7 Å². The van der Waals surface area contributed by atoms with Crippen molar-refractivity contribution in [2.75, 3.05) is 7.05 Å². The number of benzene rings is 1. The van der Waals surface area contributed by atoms with Crippen molar-refractivity contribution in [1.29, 1.82) is 0 Å². The number of aliphatic hydroxyl groups excluding tert-OH is 1. The van der Waals surface area contributed by atoms with Gasteiger partial charge in [0.2, 0.25) is 5.91 Å². The summed E-state index contributed by atoms with van der Waals surface area (Å²) in [7, 11) is 1.81. The highest BCUT2D eigenvalue weighted by molar-refractivity contribution is 6.67. The van der Waals surface area contributed by atoms with Crippen LogP contribution in [-0.4, -0.2) is 82.1 Å². The van der Waals surface area contributed by atoms with E-state index in [9.17, 15) is 24.3 Å². The van der Waals surface area contributed by atoms with Crippen LogP contribution in [0.1, 0.15) is 57.9 Å². The van der Waals surface area contributed by atoms with Crippen LogP contribution in [-0.2, 0) is 23.7 Å². The fourth-order valence-electron chi connectivity index (χ4n) is 6.09. The molecule has 1 aromatic heterocycles. The number of nitrogens with one attached hydrogen (secondary N) is 2. The second kappa shape index (κ2) is 11.6. The number of nitrogens with zero attached hydrogens (tertiary/aromatic N) is 2. The SMILES string of the molecule is CC(C)C[C@H](NC(=O)[C@@H](NC(=O)c1cccc(-c2ccccc2)n1)[C@@H](C)O)[B-]12OC(=O)C[C@H](C)[N+]1(C)[C@H](C)C(=O)O2. The fraction of sp³-hybridized carbons (Fsp3) is 0.483. The van der Waals surface area contributed by atoms with Crippen molar-refractivity contribution in [3.8, 4) is 11.3 Å². The van der Waals surface area contributed by atoms with Crippen molar-refractivity contribution in [2.24, 2.45) is 5.92 Å². The summed E-state index contributed by atoms with van der Waals surface area (Å²) in [4.78, 5) is 57.0. The predicted octanol–water partition coefficient (Wildman–Crippen LogP) is 1.96. The highest BCUT2D eigenvalue weighted by atomic mass is 16.7. The molecule has 3 N–H and O–H groups in total. The highest BCUT2D eigenvalue weighted by Crippen LogP contribution is 2.43. The minimum atomic E-state index is -2.71. The Morgan fingerprint density at radius 1 is 1.05 bits per heavy atom. The van der Waals surface area contributed by atoms with Gasteiger partial charge in [-0.2, -0.15) is 0 Å². The second-order valence-corrected chi connectivity index (χ2v) is 11.8. The lowest BCUT2D eigenvalue weighted by atomic mass is 9.54. The number of carbonyl (C=O) groups excluding carboxylic acids is 4. The molecule has 220 valence electrons. The molecular formula is C29H39BN4O7. The summed E-state index contributed by atoms with van der Waals surface area (Å²) >= 11 is 0. The van der Waals surface area contributed by atoms with E-state index in [1.165, 1.54) is 13.0 Å². The Hall–Kier alpha value is -3.77.